The van der Waals surface area contributed by atoms with Crippen molar-refractivity contribution < 1.29 is 4.55 Å². The van der Waals surface area contributed by atoms with Gasteiger partial charge in [0.1, 0.15) is 10.5 Å². The van der Waals surface area contributed by atoms with Crippen molar-refractivity contribution in [1.29, 1.82) is 0 Å². The smallest absolute Gasteiger partial charge is 0.130 e. The highest BCUT2D eigenvalue weighted by molar-refractivity contribution is 7.94. The first-order valence-electron chi connectivity index (χ1n) is 3.72. The standard InChI is InChI=1S/C7H12OS/c8-9-6-5-7(9)3-1-2-4-7/h1-6H2. The average molecular weight is 144 g/mol. The fourth-order valence-electron chi connectivity index (χ4n) is 1.97. The van der Waals surface area contributed by atoms with Crippen LogP contribution in [0.1, 0.15) is 32.1 Å². The minimum atomic E-state index is -0.426. The normalized spacial score (nSPS) is 39.0. The van der Waals surface area contributed by atoms with Gasteiger partial charge < -0.3 is 4.55 Å². The van der Waals surface area contributed by atoms with Crippen molar-refractivity contribution in [2.24, 2.45) is 0 Å². The Morgan fingerprint density at radius 3 is 2.00 bits per heavy atom. The third-order valence-corrected chi connectivity index (χ3v) is 4.89. The second-order valence-corrected chi connectivity index (χ2v) is 5.16. The molecule has 0 bridgehead atoms. The van der Waals surface area contributed by atoms with Crippen LogP contribution in [-0.4, -0.2) is 15.1 Å². The van der Waals surface area contributed by atoms with Crippen LogP contribution < -0.4 is 0 Å². The van der Waals surface area contributed by atoms with Crippen molar-refractivity contribution in [3.63, 3.8) is 0 Å². The van der Waals surface area contributed by atoms with Crippen LogP contribution in [-0.2, 0) is 11.2 Å². The van der Waals surface area contributed by atoms with Crippen LogP contribution in [0.5, 0.6) is 0 Å². The van der Waals surface area contributed by atoms with Gasteiger partial charge in [-0.05, 0) is 36.9 Å². The van der Waals surface area contributed by atoms with Gasteiger partial charge in [-0.25, -0.2) is 0 Å². The zero-order chi connectivity index (χ0) is 6.32. The molecular weight excluding hydrogens is 132 g/mol. The van der Waals surface area contributed by atoms with Gasteiger partial charge in [0.15, 0.2) is 0 Å². The molecule has 0 aromatic rings. The molecule has 0 aromatic heterocycles. The maximum absolute atomic E-state index is 11.2. The van der Waals surface area contributed by atoms with E-state index in [0.717, 1.165) is 5.75 Å². The molecule has 2 heteroatoms. The first kappa shape index (κ1) is 6.05. The molecule has 1 saturated carbocycles. The van der Waals surface area contributed by atoms with Crippen LogP contribution in [0.4, 0.5) is 0 Å². The zero-order valence-electron chi connectivity index (χ0n) is 5.56. The van der Waals surface area contributed by atoms with Crippen molar-refractivity contribution in [2.75, 3.05) is 5.75 Å². The molecule has 1 aliphatic heterocycles. The SMILES string of the molecule is [O-][S+]1CCC12CCCC2. The second-order valence-electron chi connectivity index (χ2n) is 3.19. The average Bonchev–Trinajstić information content (AvgIpc) is 2.34. The summed E-state index contributed by atoms with van der Waals surface area (Å²) in [6, 6.07) is 0. The number of rotatable bonds is 0. The molecule has 1 saturated heterocycles. The van der Waals surface area contributed by atoms with E-state index in [0.29, 0.717) is 4.75 Å². The zero-order valence-corrected chi connectivity index (χ0v) is 6.38. The summed E-state index contributed by atoms with van der Waals surface area (Å²) in [5, 5.41) is 0. The van der Waals surface area contributed by atoms with E-state index in [1.165, 1.54) is 32.1 Å². The summed E-state index contributed by atoms with van der Waals surface area (Å²) in [5.74, 6) is 0.986. The van der Waals surface area contributed by atoms with Crippen molar-refractivity contribution in [2.45, 2.75) is 36.9 Å². The van der Waals surface area contributed by atoms with Crippen LogP contribution in [0, 0.1) is 0 Å². The van der Waals surface area contributed by atoms with E-state index < -0.39 is 11.2 Å². The highest BCUT2D eigenvalue weighted by Crippen LogP contribution is 2.46. The van der Waals surface area contributed by atoms with Gasteiger partial charge in [-0.3, -0.25) is 0 Å². The highest BCUT2D eigenvalue weighted by atomic mass is 32.2. The van der Waals surface area contributed by atoms with E-state index >= 15 is 0 Å². The molecule has 0 amide bonds. The Kier molecular flexibility index (Phi) is 1.27. The number of hydrogen-bond donors (Lipinski definition) is 0. The fourth-order valence-corrected chi connectivity index (χ4v) is 3.66. The monoisotopic (exact) mass is 144 g/mol. The molecule has 9 heavy (non-hydrogen) atoms. The van der Waals surface area contributed by atoms with Crippen molar-refractivity contribution in [3.8, 4) is 0 Å². The van der Waals surface area contributed by atoms with Crippen molar-refractivity contribution in [3.05, 3.63) is 0 Å². The fraction of sp³-hybridized carbons (Fsp3) is 1.00. The molecule has 1 unspecified atom stereocenters. The lowest BCUT2D eigenvalue weighted by atomic mass is 10.0. The molecule has 0 radical (unpaired) electrons. The lowest BCUT2D eigenvalue weighted by Crippen LogP contribution is -2.48. The van der Waals surface area contributed by atoms with E-state index in [-0.39, 0.29) is 0 Å². The summed E-state index contributed by atoms with van der Waals surface area (Å²) >= 11 is -0.426. The Morgan fingerprint density at radius 2 is 1.78 bits per heavy atom. The molecule has 2 fully saturated rings. The molecule has 1 heterocycles. The minimum absolute atomic E-state index is 0.347. The maximum Gasteiger partial charge on any atom is 0.130 e. The van der Waals surface area contributed by atoms with Gasteiger partial charge >= 0.3 is 0 Å². The first-order valence-corrected chi connectivity index (χ1v) is 5.04. The highest BCUT2D eigenvalue weighted by Gasteiger charge is 2.52. The van der Waals surface area contributed by atoms with Crippen molar-refractivity contribution in [1.82, 2.24) is 0 Å². The third kappa shape index (κ3) is 0.729. The molecule has 2 aliphatic rings. The molecule has 2 rings (SSSR count). The summed E-state index contributed by atoms with van der Waals surface area (Å²) in [7, 11) is 0. The summed E-state index contributed by atoms with van der Waals surface area (Å²) in [4.78, 5) is 0. The Hall–Kier alpha value is 0.310. The van der Waals surface area contributed by atoms with Gasteiger partial charge in [0.25, 0.3) is 0 Å². The Labute approximate surface area is 59.0 Å². The molecule has 52 valence electrons. The largest absolute Gasteiger partial charge is 0.616 e. The topological polar surface area (TPSA) is 23.1 Å². The van der Waals surface area contributed by atoms with Crippen molar-refractivity contribution >= 4 is 11.2 Å². The van der Waals surface area contributed by atoms with Crippen LogP contribution >= 0.6 is 0 Å². The molecule has 0 aromatic carbocycles. The van der Waals surface area contributed by atoms with Gasteiger partial charge in [0, 0.05) is 6.42 Å². The van der Waals surface area contributed by atoms with Crippen LogP contribution in [0.2, 0.25) is 0 Å². The Bertz CT molecular complexity index is 118. The predicted octanol–water partition coefficient (Wildman–Crippen LogP) is 1.45. The van der Waals surface area contributed by atoms with E-state index in [1.54, 1.807) is 0 Å². The minimum Gasteiger partial charge on any atom is -0.616 e. The molecule has 1 aliphatic carbocycles. The lowest BCUT2D eigenvalue weighted by Gasteiger charge is -2.40. The predicted molar refractivity (Wildman–Crippen MR) is 38.8 cm³/mol. The Morgan fingerprint density at radius 1 is 1.11 bits per heavy atom. The van der Waals surface area contributed by atoms with Gasteiger partial charge in [0.2, 0.25) is 0 Å². The third-order valence-electron chi connectivity index (χ3n) is 2.74. The Balaban J connectivity index is 2.06. The van der Waals surface area contributed by atoms with E-state index in [1.807, 2.05) is 0 Å². The van der Waals surface area contributed by atoms with E-state index in [4.69, 9.17) is 0 Å². The molecular formula is C7H12OS. The van der Waals surface area contributed by atoms with Crippen LogP contribution in [0.25, 0.3) is 0 Å². The maximum atomic E-state index is 11.2. The first-order chi connectivity index (χ1) is 4.33. The number of hydrogen-bond acceptors (Lipinski definition) is 1. The van der Waals surface area contributed by atoms with Gasteiger partial charge in [0.05, 0.1) is 0 Å². The van der Waals surface area contributed by atoms with Crippen LogP contribution in [0.15, 0.2) is 0 Å². The summed E-state index contributed by atoms with van der Waals surface area (Å²) in [5.41, 5.74) is 0. The van der Waals surface area contributed by atoms with Gasteiger partial charge in [-0.2, -0.15) is 0 Å². The second kappa shape index (κ2) is 1.89. The van der Waals surface area contributed by atoms with Crippen LogP contribution in [0.3, 0.4) is 0 Å². The molecule has 1 nitrogen and oxygen atoms in total. The summed E-state index contributed by atoms with van der Waals surface area (Å²) in [6.45, 7) is 0. The van der Waals surface area contributed by atoms with Gasteiger partial charge in [-0.1, -0.05) is 0 Å². The summed E-state index contributed by atoms with van der Waals surface area (Å²) in [6.07, 6.45) is 6.40. The molecule has 1 spiro atoms. The van der Waals surface area contributed by atoms with E-state index in [2.05, 4.69) is 0 Å². The van der Waals surface area contributed by atoms with Gasteiger partial charge in [-0.15, -0.1) is 0 Å². The molecule has 1 atom stereocenters. The quantitative estimate of drug-likeness (QED) is 0.472. The summed E-state index contributed by atoms with van der Waals surface area (Å²) < 4.78 is 11.5. The lowest BCUT2D eigenvalue weighted by molar-refractivity contribution is 0.455. The molecule has 0 N–H and O–H groups in total. The van der Waals surface area contributed by atoms with E-state index in [9.17, 15) is 4.55 Å².